The summed E-state index contributed by atoms with van der Waals surface area (Å²) in [5.74, 6) is 1.11. The summed E-state index contributed by atoms with van der Waals surface area (Å²) in [5.41, 5.74) is 2.12. The van der Waals surface area contributed by atoms with Gasteiger partial charge in [0.25, 0.3) is 0 Å². The average Bonchev–Trinajstić information content (AvgIpc) is 3.22. The number of piperidine rings is 1. The molecule has 1 unspecified atom stereocenters. The maximum Gasteiger partial charge on any atom is 0.220 e. The number of guanidine groups is 1. The maximum absolute atomic E-state index is 11.7. The van der Waals surface area contributed by atoms with Crippen LogP contribution in [0.15, 0.2) is 35.6 Å². The lowest BCUT2D eigenvalue weighted by atomic mass is 9.79. The monoisotopic (exact) mass is 354 g/mol. The third-order valence-corrected chi connectivity index (χ3v) is 5.45. The molecule has 0 saturated carbocycles. The Morgan fingerprint density at radius 2 is 2.38 bits per heavy atom. The molecule has 2 fully saturated rings. The molecular weight excluding hydrogens is 328 g/mol. The van der Waals surface area contributed by atoms with E-state index in [2.05, 4.69) is 31.7 Å². The highest BCUT2D eigenvalue weighted by atomic mass is 16.1. The van der Waals surface area contributed by atoms with Gasteiger partial charge in [0, 0.05) is 63.9 Å². The standard InChI is InChI=1S/C19H26N6O/c1-20-18(25-10-4-7-19(14-25)11-17(26)22-13-19)21-8-6-15-12-24-9-3-2-5-16(24)23-15/h2-3,5,9,12H,4,6-8,10-11,13-14H2,1H3,(H,20,21)(H,22,26). The first kappa shape index (κ1) is 16.9. The molecule has 2 aliphatic heterocycles. The summed E-state index contributed by atoms with van der Waals surface area (Å²) in [6.07, 6.45) is 7.79. The van der Waals surface area contributed by atoms with Crippen LogP contribution in [0.4, 0.5) is 0 Å². The number of carbonyl (C=O) groups excluding carboxylic acids is 1. The molecule has 0 bridgehead atoms. The molecule has 0 aromatic carbocycles. The second-order valence-electron chi connectivity index (χ2n) is 7.40. The number of imidazole rings is 1. The molecule has 138 valence electrons. The molecule has 1 spiro atoms. The zero-order chi connectivity index (χ0) is 18.0. The van der Waals surface area contributed by atoms with Crippen LogP contribution in [0.1, 0.15) is 25.0 Å². The van der Waals surface area contributed by atoms with E-state index in [4.69, 9.17) is 0 Å². The van der Waals surface area contributed by atoms with Gasteiger partial charge < -0.3 is 19.9 Å². The SMILES string of the molecule is CN=C(NCCc1cn2ccccc2n1)N1CCCC2(CNC(=O)C2)C1. The summed E-state index contributed by atoms with van der Waals surface area (Å²) >= 11 is 0. The number of aromatic nitrogens is 2. The van der Waals surface area contributed by atoms with Crippen LogP contribution in [0.25, 0.3) is 5.65 Å². The van der Waals surface area contributed by atoms with Crippen molar-refractivity contribution in [1.29, 1.82) is 0 Å². The molecule has 2 N–H and O–H groups in total. The maximum atomic E-state index is 11.7. The Morgan fingerprint density at radius 1 is 1.46 bits per heavy atom. The predicted octanol–water partition coefficient (Wildman–Crippen LogP) is 1.05. The Hall–Kier alpha value is -2.57. The van der Waals surface area contributed by atoms with Crippen LogP contribution in [0, 0.1) is 5.41 Å². The summed E-state index contributed by atoms with van der Waals surface area (Å²) in [7, 11) is 1.83. The quantitative estimate of drug-likeness (QED) is 0.638. The minimum absolute atomic E-state index is 0.0779. The highest BCUT2D eigenvalue weighted by molar-refractivity contribution is 5.81. The number of nitrogens with zero attached hydrogens (tertiary/aromatic N) is 4. The van der Waals surface area contributed by atoms with Gasteiger partial charge in [-0.25, -0.2) is 4.98 Å². The topological polar surface area (TPSA) is 74.0 Å². The van der Waals surface area contributed by atoms with E-state index in [0.717, 1.165) is 62.7 Å². The molecule has 2 aliphatic rings. The fraction of sp³-hybridized carbons (Fsp3) is 0.526. The van der Waals surface area contributed by atoms with Crippen molar-refractivity contribution in [2.24, 2.45) is 10.4 Å². The van der Waals surface area contributed by atoms with Crippen LogP contribution >= 0.6 is 0 Å². The third-order valence-electron chi connectivity index (χ3n) is 5.45. The number of likely N-dealkylation sites (tertiary alicyclic amines) is 1. The number of hydrogen-bond acceptors (Lipinski definition) is 3. The fourth-order valence-electron chi connectivity index (χ4n) is 4.17. The first-order chi connectivity index (χ1) is 12.7. The lowest BCUT2D eigenvalue weighted by Crippen LogP contribution is -2.51. The predicted molar refractivity (Wildman–Crippen MR) is 101 cm³/mol. The van der Waals surface area contributed by atoms with E-state index in [-0.39, 0.29) is 11.3 Å². The highest BCUT2D eigenvalue weighted by Crippen LogP contribution is 2.35. The van der Waals surface area contributed by atoms with Crippen LogP contribution in [0.5, 0.6) is 0 Å². The van der Waals surface area contributed by atoms with E-state index < -0.39 is 0 Å². The largest absolute Gasteiger partial charge is 0.356 e. The van der Waals surface area contributed by atoms with Gasteiger partial charge in [0.05, 0.1) is 5.69 Å². The smallest absolute Gasteiger partial charge is 0.220 e. The molecule has 2 aromatic heterocycles. The lowest BCUT2D eigenvalue weighted by Gasteiger charge is -2.40. The second-order valence-corrected chi connectivity index (χ2v) is 7.40. The molecule has 4 heterocycles. The van der Waals surface area contributed by atoms with Gasteiger partial charge >= 0.3 is 0 Å². The van der Waals surface area contributed by atoms with E-state index in [9.17, 15) is 4.79 Å². The number of rotatable bonds is 3. The third kappa shape index (κ3) is 3.38. The molecule has 1 atom stereocenters. The Bertz CT molecular complexity index is 795. The van der Waals surface area contributed by atoms with E-state index >= 15 is 0 Å². The number of nitrogens with one attached hydrogen (secondary N) is 2. The first-order valence-electron chi connectivity index (χ1n) is 9.32. The Labute approximate surface area is 153 Å². The lowest BCUT2D eigenvalue weighted by molar-refractivity contribution is -0.119. The zero-order valence-electron chi connectivity index (χ0n) is 15.2. The van der Waals surface area contributed by atoms with Gasteiger partial charge in [0.2, 0.25) is 5.91 Å². The number of fused-ring (bicyclic) bond motifs is 1. The minimum Gasteiger partial charge on any atom is -0.356 e. The Balaban J connectivity index is 1.35. The van der Waals surface area contributed by atoms with Crippen molar-refractivity contribution >= 4 is 17.5 Å². The number of pyridine rings is 1. The van der Waals surface area contributed by atoms with Crippen molar-refractivity contribution < 1.29 is 4.79 Å². The molecule has 0 radical (unpaired) electrons. The molecule has 7 heteroatoms. The summed E-state index contributed by atoms with van der Waals surface area (Å²) in [6, 6.07) is 6.02. The van der Waals surface area contributed by atoms with Gasteiger partial charge in [-0.2, -0.15) is 0 Å². The van der Waals surface area contributed by atoms with Crippen LogP contribution in [-0.4, -0.2) is 59.4 Å². The minimum atomic E-state index is 0.0779. The molecule has 4 rings (SSSR count). The number of hydrogen-bond donors (Lipinski definition) is 2. The van der Waals surface area contributed by atoms with Crippen LogP contribution < -0.4 is 10.6 Å². The summed E-state index contributed by atoms with van der Waals surface area (Å²) < 4.78 is 2.04. The van der Waals surface area contributed by atoms with Crippen molar-refractivity contribution in [1.82, 2.24) is 24.9 Å². The number of aliphatic imine (C=N–C) groups is 1. The molecule has 0 aliphatic carbocycles. The van der Waals surface area contributed by atoms with Gasteiger partial charge in [-0.15, -0.1) is 0 Å². The van der Waals surface area contributed by atoms with Gasteiger partial charge in [-0.05, 0) is 25.0 Å². The summed E-state index contributed by atoms with van der Waals surface area (Å²) in [5, 5.41) is 6.47. The summed E-state index contributed by atoms with van der Waals surface area (Å²) in [6.45, 7) is 3.46. The van der Waals surface area contributed by atoms with Crippen LogP contribution in [0.2, 0.25) is 0 Å². The first-order valence-corrected chi connectivity index (χ1v) is 9.32. The molecule has 2 saturated heterocycles. The van der Waals surface area contributed by atoms with E-state index in [1.54, 1.807) is 0 Å². The van der Waals surface area contributed by atoms with Crippen LogP contribution in [0.3, 0.4) is 0 Å². The Morgan fingerprint density at radius 3 is 3.15 bits per heavy atom. The number of carbonyl (C=O) groups is 1. The van der Waals surface area contributed by atoms with E-state index in [0.29, 0.717) is 6.42 Å². The molecule has 7 nitrogen and oxygen atoms in total. The van der Waals surface area contributed by atoms with Gasteiger partial charge in [-0.1, -0.05) is 6.07 Å². The van der Waals surface area contributed by atoms with E-state index in [1.807, 2.05) is 35.8 Å². The van der Waals surface area contributed by atoms with Crippen molar-refractivity contribution in [2.75, 3.05) is 33.2 Å². The van der Waals surface area contributed by atoms with Crippen molar-refractivity contribution in [3.8, 4) is 0 Å². The van der Waals surface area contributed by atoms with Crippen molar-refractivity contribution in [2.45, 2.75) is 25.7 Å². The normalized spacial score (nSPS) is 23.7. The molecule has 2 aromatic rings. The van der Waals surface area contributed by atoms with Gasteiger partial charge in [-0.3, -0.25) is 9.79 Å². The fourth-order valence-corrected chi connectivity index (χ4v) is 4.17. The van der Waals surface area contributed by atoms with Gasteiger partial charge in [0.1, 0.15) is 5.65 Å². The van der Waals surface area contributed by atoms with E-state index in [1.165, 1.54) is 0 Å². The molecule has 26 heavy (non-hydrogen) atoms. The average molecular weight is 354 g/mol. The number of amides is 1. The van der Waals surface area contributed by atoms with Crippen LogP contribution in [-0.2, 0) is 11.2 Å². The van der Waals surface area contributed by atoms with Crippen molar-refractivity contribution in [3.05, 3.63) is 36.3 Å². The highest BCUT2D eigenvalue weighted by Gasteiger charge is 2.42. The second kappa shape index (κ2) is 6.97. The summed E-state index contributed by atoms with van der Waals surface area (Å²) in [4.78, 5) is 23.1. The zero-order valence-corrected chi connectivity index (χ0v) is 15.2. The Kier molecular flexibility index (Phi) is 4.53. The van der Waals surface area contributed by atoms with Gasteiger partial charge in [0.15, 0.2) is 5.96 Å². The van der Waals surface area contributed by atoms with Crippen molar-refractivity contribution in [3.63, 3.8) is 0 Å². The molecule has 1 amide bonds. The molecular formula is C19H26N6O.